The molecule has 4 bridgehead atoms. The van der Waals surface area contributed by atoms with Gasteiger partial charge in [-0.15, -0.1) is 0 Å². The maximum Gasteiger partial charge on any atom is 0.0716 e. The van der Waals surface area contributed by atoms with Gasteiger partial charge in [-0.1, -0.05) is 271 Å². The monoisotopic (exact) mass is 979 g/mol. The molecule has 9 aromatic carbocycles. The van der Waals surface area contributed by atoms with Gasteiger partial charge in [0.05, 0.1) is 5.41 Å². The normalized spacial score (nSPS) is 17.8. The number of hydrogen-bond donors (Lipinski definition) is 0. The Morgan fingerprint density at radius 2 is 1.07 bits per heavy atom. The summed E-state index contributed by atoms with van der Waals surface area (Å²) in [6.45, 7) is 15.8. The molecule has 0 amide bonds. The van der Waals surface area contributed by atoms with Crippen LogP contribution in [0, 0.1) is 0 Å². The summed E-state index contributed by atoms with van der Waals surface area (Å²) in [5.74, 6) is 0.513. The van der Waals surface area contributed by atoms with Crippen LogP contribution in [0.3, 0.4) is 0 Å². The van der Waals surface area contributed by atoms with Gasteiger partial charge in [-0.25, -0.2) is 0 Å². The molecular weight excluding hydrogens is 913 g/mol. The molecule has 0 N–H and O–H groups in total. The number of benzene rings is 9. The van der Waals surface area contributed by atoms with E-state index in [1.54, 1.807) is 0 Å². The van der Waals surface area contributed by atoms with Crippen molar-refractivity contribution in [3.05, 3.63) is 310 Å². The van der Waals surface area contributed by atoms with Gasteiger partial charge < -0.3 is 0 Å². The molecule has 4 aliphatic rings. The van der Waals surface area contributed by atoms with E-state index in [1.165, 1.54) is 122 Å². The van der Waals surface area contributed by atoms with Crippen LogP contribution in [-0.4, -0.2) is 0 Å². The molecule has 0 nitrogen and oxygen atoms in total. The summed E-state index contributed by atoms with van der Waals surface area (Å²) < 4.78 is 0. The standard InChI is InChI=1S/C74H60.C2H6/c1-5-60(49(3)52-34-38-55(39-35-52)53-19-8-6-9-20-53)61(58-42-40-56(41-43-58)54-21-10-7-11-22-54)45-31-48(2)51-32-36-57(37-33-51)59-44-46-70-67(47-59)72-50(4)73-66(62-23-12-13-26-65(62)72)27-18-30-71(73)74(70)68-28-16-14-24-63(68)64-25-15-17-29-69(64)74;1-2/h6-14,16-24,26-30,32-47,50,72H,2,5,15,25,31H2,1,3-4H3;1-2H3/b60-49+,61-45+;. The molecular formula is C76H66. The highest BCUT2D eigenvalue weighted by Gasteiger charge is 2.53. The average Bonchev–Trinajstić information content (AvgIpc) is 3.98. The summed E-state index contributed by atoms with van der Waals surface area (Å²) in [5.41, 5.74) is 31.5. The van der Waals surface area contributed by atoms with E-state index in [9.17, 15) is 0 Å². The first-order valence-corrected chi connectivity index (χ1v) is 27.8. The predicted octanol–water partition coefficient (Wildman–Crippen LogP) is 20.8. The average molecular weight is 979 g/mol. The van der Waals surface area contributed by atoms with Gasteiger partial charge in [-0.3, -0.25) is 0 Å². The Labute approximate surface area is 451 Å². The Hall–Kier alpha value is -8.32. The molecule has 0 radical (unpaired) electrons. The highest BCUT2D eigenvalue weighted by atomic mass is 14.5. The van der Waals surface area contributed by atoms with Gasteiger partial charge in [-0.05, 0) is 172 Å². The molecule has 4 aliphatic carbocycles. The Kier molecular flexibility index (Phi) is 13.1. The zero-order chi connectivity index (χ0) is 51.9. The lowest BCUT2D eigenvalue weighted by Gasteiger charge is -2.37. The third kappa shape index (κ3) is 8.06. The molecule has 9 aromatic rings. The second-order valence-electron chi connectivity index (χ2n) is 20.9. The van der Waals surface area contributed by atoms with Gasteiger partial charge in [0, 0.05) is 5.92 Å². The van der Waals surface area contributed by atoms with Crippen LogP contribution in [0.5, 0.6) is 0 Å². The Morgan fingerprint density at radius 3 is 1.74 bits per heavy atom. The van der Waals surface area contributed by atoms with Crippen LogP contribution in [0.15, 0.2) is 254 Å². The SMILES string of the molecule is C=C(C/C=C(/C(CC)=C(\C)c1ccc(-c2ccccc2)cc1)c1ccc(-c2ccccc2)cc1)c1ccc(-c2ccc3c(c2)C2c4ccccc4-c4cccc(c4C2C)C32C3=C(CCC=C3)c3ccccc32)cc1.CC. The van der Waals surface area contributed by atoms with Crippen molar-refractivity contribution in [1.29, 1.82) is 0 Å². The van der Waals surface area contributed by atoms with Crippen molar-refractivity contribution in [2.75, 3.05) is 0 Å². The zero-order valence-electron chi connectivity index (χ0n) is 44.7. The number of fused-ring (bicyclic) bond motifs is 8. The minimum atomic E-state index is -0.399. The molecule has 3 atom stereocenters. The highest BCUT2D eigenvalue weighted by molar-refractivity contribution is 5.93. The Morgan fingerprint density at radius 1 is 0.526 bits per heavy atom. The fourth-order valence-corrected chi connectivity index (χ4v) is 13.6. The van der Waals surface area contributed by atoms with Crippen molar-refractivity contribution in [2.24, 2.45) is 0 Å². The minimum Gasteiger partial charge on any atom is -0.0949 e. The maximum atomic E-state index is 4.74. The van der Waals surface area contributed by atoms with Gasteiger partial charge in [0.25, 0.3) is 0 Å². The van der Waals surface area contributed by atoms with Gasteiger partial charge in [0.2, 0.25) is 0 Å². The lowest BCUT2D eigenvalue weighted by atomic mass is 9.64. The molecule has 0 heterocycles. The first kappa shape index (κ1) is 48.6. The molecule has 0 aromatic heterocycles. The van der Waals surface area contributed by atoms with Gasteiger partial charge in [0.15, 0.2) is 0 Å². The van der Waals surface area contributed by atoms with E-state index in [0.717, 1.165) is 36.8 Å². The van der Waals surface area contributed by atoms with Crippen LogP contribution in [0.25, 0.3) is 66.8 Å². The van der Waals surface area contributed by atoms with Crippen molar-refractivity contribution < 1.29 is 0 Å². The molecule has 370 valence electrons. The van der Waals surface area contributed by atoms with Crippen molar-refractivity contribution in [1.82, 2.24) is 0 Å². The molecule has 0 aliphatic heterocycles. The van der Waals surface area contributed by atoms with E-state index in [1.807, 2.05) is 13.8 Å². The van der Waals surface area contributed by atoms with Crippen molar-refractivity contribution in [3.8, 4) is 44.5 Å². The van der Waals surface area contributed by atoms with Gasteiger partial charge in [-0.2, -0.15) is 0 Å². The van der Waals surface area contributed by atoms with Crippen LogP contribution in [0.4, 0.5) is 0 Å². The zero-order valence-corrected chi connectivity index (χ0v) is 44.7. The maximum absolute atomic E-state index is 4.74. The number of rotatable bonds is 10. The Bertz CT molecular complexity index is 3780. The van der Waals surface area contributed by atoms with Crippen LogP contribution in [0.2, 0.25) is 0 Å². The van der Waals surface area contributed by atoms with E-state index in [0.29, 0.717) is 5.92 Å². The lowest BCUT2D eigenvalue weighted by Crippen LogP contribution is -2.31. The largest absolute Gasteiger partial charge is 0.0949 e. The van der Waals surface area contributed by atoms with Gasteiger partial charge >= 0.3 is 0 Å². The molecule has 76 heavy (non-hydrogen) atoms. The second-order valence-corrected chi connectivity index (χ2v) is 20.9. The molecule has 13 rings (SSSR count). The van der Waals surface area contributed by atoms with Crippen LogP contribution in [-0.2, 0) is 5.41 Å². The molecule has 3 unspecified atom stereocenters. The minimum absolute atomic E-state index is 0.215. The summed E-state index contributed by atoms with van der Waals surface area (Å²) in [6, 6.07) is 82.0. The van der Waals surface area contributed by atoms with E-state index in [2.05, 4.69) is 257 Å². The fraction of sp³-hybridized carbons (Fsp3) is 0.158. The van der Waals surface area contributed by atoms with Gasteiger partial charge in [0.1, 0.15) is 0 Å². The number of hydrogen-bond acceptors (Lipinski definition) is 0. The molecule has 0 saturated carbocycles. The van der Waals surface area contributed by atoms with E-state index in [4.69, 9.17) is 6.58 Å². The molecule has 1 spiro atoms. The second kappa shape index (κ2) is 20.4. The number of allylic oxidation sites excluding steroid dienone is 9. The highest BCUT2D eigenvalue weighted by Crippen LogP contribution is 2.65. The predicted molar refractivity (Wildman–Crippen MR) is 325 cm³/mol. The summed E-state index contributed by atoms with van der Waals surface area (Å²) >= 11 is 0. The van der Waals surface area contributed by atoms with E-state index < -0.39 is 5.41 Å². The van der Waals surface area contributed by atoms with Crippen molar-refractivity contribution >= 4 is 22.3 Å². The van der Waals surface area contributed by atoms with Crippen molar-refractivity contribution in [2.45, 2.75) is 77.6 Å². The lowest BCUT2D eigenvalue weighted by molar-refractivity contribution is 0.652. The smallest absolute Gasteiger partial charge is 0.0716 e. The molecule has 0 saturated heterocycles. The van der Waals surface area contributed by atoms with Crippen LogP contribution < -0.4 is 0 Å². The topological polar surface area (TPSA) is 0 Å². The first-order valence-electron chi connectivity index (χ1n) is 27.8. The fourth-order valence-electron chi connectivity index (χ4n) is 13.6. The molecule has 0 fully saturated rings. The van der Waals surface area contributed by atoms with Crippen LogP contribution in [0.1, 0.15) is 128 Å². The third-order valence-electron chi connectivity index (χ3n) is 17.1. The Balaban J connectivity index is 0.00000288. The van der Waals surface area contributed by atoms with E-state index >= 15 is 0 Å². The molecule has 0 heteroatoms. The quantitative estimate of drug-likeness (QED) is 0.120. The van der Waals surface area contributed by atoms with E-state index in [-0.39, 0.29) is 5.92 Å². The van der Waals surface area contributed by atoms with Crippen LogP contribution >= 0.6 is 0 Å². The summed E-state index contributed by atoms with van der Waals surface area (Å²) in [5, 5.41) is 0. The third-order valence-corrected chi connectivity index (χ3v) is 17.1. The summed E-state index contributed by atoms with van der Waals surface area (Å²) in [4.78, 5) is 0. The first-order chi connectivity index (χ1) is 37.4. The summed E-state index contributed by atoms with van der Waals surface area (Å²) in [6.07, 6.45) is 11.1. The summed E-state index contributed by atoms with van der Waals surface area (Å²) in [7, 11) is 0. The van der Waals surface area contributed by atoms with Crippen molar-refractivity contribution in [3.63, 3.8) is 0 Å².